The molecule has 2 heteroatoms. The quantitative estimate of drug-likeness (QED) is 0.758. The maximum Gasteiger partial charge on any atom is 0.0515 e. The molecule has 78 valence electrons. The molecule has 0 spiro atoms. The lowest BCUT2D eigenvalue weighted by molar-refractivity contribution is 0.184. The Balaban J connectivity index is 2.01. The average molecular weight is 193 g/mol. The molecule has 0 amide bonds. The summed E-state index contributed by atoms with van der Waals surface area (Å²) in [4.78, 5) is 3.48. The van der Waals surface area contributed by atoms with Crippen molar-refractivity contribution in [2.24, 2.45) is 0 Å². The van der Waals surface area contributed by atoms with Crippen LogP contribution in [-0.4, -0.2) is 16.2 Å². The molecule has 1 aromatic rings. The number of nitrogens with one attached hydrogen (secondary N) is 1. The zero-order valence-electron chi connectivity index (χ0n) is 8.84. The molecule has 0 saturated carbocycles. The zero-order valence-corrected chi connectivity index (χ0v) is 8.84. The van der Waals surface area contributed by atoms with Gasteiger partial charge in [-0.1, -0.05) is 0 Å². The maximum absolute atomic E-state index is 9.20. The van der Waals surface area contributed by atoms with Crippen LogP contribution in [-0.2, 0) is 19.3 Å². The molecule has 0 aliphatic heterocycles. The number of fused-ring (bicyclic) bond motifs is 1. The molecule has 1 aromatic heterocycles. The van der Waals surface area contributed by atoms with Crippen LogP contribution in [0, 0.1) is 0 Å². The molecule has 0 radical (unpaired) electrons. The van der Waals surface area contributed by atoms with Crippen LogP contribution in [0.2, 0.25) is 0 Å². The first-order valence-electron chi connectivity index (χ1n) is 5.63. The van der Waals surface area contributed by atoms with Gasteiger partial charge in [0.05, 0.1) is 6.10 Å². The molecule has 1 aliphatic carbocycles. The van der Waals surface area contributed by atoms with Crippen molar-refractivity contribution in [3.8, 4) is 0 Å². The number of aliphatic hydroxyl groups excluding tert-OH is 1. The van der Waals surface area contributed by atoms with E-state index in [1.54, 1.807) is 0 Å². The lowest BCUT2D eigenvalue weighted by Gasteiger charge is -2.09. The number of rotatable bonds is 3. The second-order valence-corrected chi connectivity index (χ2v) is 4.39. The molecule has 2 nitrogen and oxygen atoms in total. The number of aromatic amines is 1. The van der Waals surface area contributed by atoms with Gasteiger partial charge in [0.1, 0.15) is 0 Å². The highest BCUT2D eigenvalue weighted by atomic mass is 16.3. The minimum Gasteiger partial charge on any atom is -0.393 e. The van der Waals surface area contributed by atoms with Crippen LogP contribution in [0.1, 0.15) is 43.1 Å². The van der Waals surface area contributed by atoms with E-state index >= 15 is 0 Å². The number of hydrogen-bond acceptors (Lipinski definition) is 1. The lowest BCUT2D eigenvalue weighted by Crippen LogP contribution is -2.01. The smallest absolute Gasteiger partial charge is 0.0515 e. The summed E-state index contributed by atoms with van der Waals surface area (Å²) in [7, 11) is 0. The second kappa shape index (κ2) is 4.18. The number of H-pyrrole nitrogens is 1. The Hall–Kier alpha value is -0.760. The van der Waals surface area contributed by atoms with E-state index in [1.807, 2.05) is 6.92 Å². The molecular formula is C12H19NO. The van der Waals surface area contributed by atoms with E-state index in [4.69, 9.17) is 0 Å². The minimum atomic E-state index is -0.185. The second-order valence-electron chi connectivity index (χ2n) is 4.39. The van der Waals surface area contributed by atoms with E-state index in [1.165, 1.54) is 42.6 Å². The Kier molecular flexibility index (Phi) is 2.92. The Labute approximate surface area is 85.3 Å². The van der Waals surface area contributed by atoms with Crippen molar-refractivity contribution in [2.75, 3.05) is 0 Å². The van der Waals surface area contributed by atoms with Gasteiger partial charge >= 0.3 is 0 Å². The fraction of sp³-hybridized carbons (Fsp3) is 0.667. The van der Waals surface area contributed by atoms with E-state index < -0.39 is 0 Å². The molecular weight excluding hydrogens is 174 g/mol. The highest BCUT2D eigenvalue weighted by Gasteiger charge is 2.12. The van der Waals surface area contributed by atoms with Gasteiger partial charge in [-0.3, -0.25) is 0 Å². The minimum absolute atomic E-state index is 0.185. The highest BCUT2D eigenvalue weighted by molar-refractivity contribution is 5.28. The maximum atomic E-state index is 9.20. The van der Waals surface area contributed by atoms with Crippen molar-refractivity contribution >= 4 is 0 Å². The molecule has 0 unspecified atom stereocenters. The predicted molar refractivity (Wildman–Crippen MR) is 57.4 cm³/mol. The zero-order chi connectivity index (χ0) is 9.97. The third-order valence-corrected chi connectivity index (χ3v) is 3.00. The van der Waals surface area contributed by atoms with E-state index in [0.29, 0.717) is 0 Å². The SMILES string of the molecule is C[C@@H](O)CCc1cc2c([nH]1)CCCC2. The van der Waals surface area contributed by atoms with Gasteiger partial charge in [0, 0.05) is 11.4 Å². The van der Waals surface area contributed by atoms with Gasteiger partial charge in [0.2, 0.25) is 0 Å². The Bertz CT molecular complexity index is 278. The predicted octanol–water partition coefficient (Wildman–Crippen LogP) is 2.21. The van der Waals surface area contributed by atoms with Crippen LogP contribution < -0.4 is 0 Å². The summed E-state index contributed by atoms with van der Waals surface area (Å²) in [5, 5.41) is 9.20. The highest BCUT2D eigenvalue weighted by Crippen LogP contribution is 2.22. The largest absolute Gasteiger partial charge is 0.393 e. The summed E-state index contributed by atoms with van der Waals surface area (Å²) in [6.07, 6.45) is 6.76. The van der Waals surface area contributed by atoms with E-state index in [2.05, 4.69) is 11.1 Å². The summed E-state index contributed by atoms with van der Waals surface area (Å²) < 4.78 is 0. The summed E-state index contributed by atoms with van der Waals surface area (Å²) in [6, 6.07) is 2.29. The van der Waals surface area contributed by atoms with Crippen molar-refractivity contribution in [2.45, 2.75) is 51.6 Å². The Morgan fingerprint density at radius 2 is 2.21 bits per heavy atom. The summed E-state index contributed by atoms with van der Waals surface area (Å²) >= 11 is 0. The summed E-state index contributed by atoms with van der Waals surface area (Å²) in [5.74, 6) is 0. The summed E-state index contributed by atoms with van der Waals surface area (Å²) in [5.41, 5.74) is 4.26. The number of aliphatic hydroxyl groups is 1. The lowest BCUT2D eigenvalue weighted by atomic mass is 9.98. The fourth-order valence-electron chi connectivity index (χ4n) is 2.17. The third kappa shape index (κ3) is 2.18. The van der Waals surface area contributed by atoms with Crippen molar-refractivity contribution in [1.82, 2.24) is 4.98 Å². The summed E-state index contributed by atoms with van der Waals surface area (Å²) in [6.45, 7) is 1.85. The molecule has 0 aromatic carbocycles. The van der Waals surface area contributed by atoms with E-state index in [0.717, 1.165) is 12.8 Å². The first-order valence-corrected chi connectivity index (χ1v) is 5.63. The van der Waals surface area contributed by atoms with Crippen LogP contribution in [0.4, 0.5) is 0 Å². The molecule has 1 atom stereocenters. The van der Waals surface area contributed by atoms with Gasteiger partial charge in [0.15, 0.2) is 0 Å². The molecule has 2 rings (SSSR count). The molecule has 0 fully saturated rings. The normalized spacial score (nSPS) is 17.9. The van der Waals surface area contributed by atoms with Crippen molar-refractivity contribution in [3.05, 3.63) is 23.0 Å². The topological polar surface area (TPSA) is 36.0 Å². The first-order chi connectivity index (χ1) is 6.75. The fourth-order valence-corrected chi connectivity index (χ4v) is 2.17. The molecule has 1 heterocycles. The molecule has 14 heavy (non-hydrogen) atoms. The monoisotopic (exact) mass is 193 g/mol. The van der Waals surface area contributed by atoms with Crippen LogP contribution in [0.5, 0.6) is 0 Å². The van der Waals surface area contributed by atoms with Crippen LogP contribution >= 0.6 is 0 Å². The number of aromatic nitrogens is 1. The van der Waals surface area contributed by atoms with Gasteiger partial charge in [-0.25, -0.2) is 0 Å². The molecule has 0 saturated heterocycles. The van der Waals surface area contributed by atoms with Crippen LogP contribution in [0.25, 0.3) is 0 Å². The van der Waals surface area contributed by atoms with Gasteiger partial charge in [-0.15, -0.1) is 0 Å². The van der Waals surface area contributed by atoms with Crippen molar-refractivity contribution < 1.29 is 5.11 Å². The van der Waals surface area contributed by atoms with Gasteiger partial charge in [-0.05, 0) is 57.1 Å². The molecule has 2 N–H and O–H groups in total. The van der Waals surface area contributed by atoms with Gasteiger partial charge < -0.3 is 10.1 Å². The Morgan fingerprint density at radius 3 is 2.93 bits per heavy atom. The standard InChI is InChI=1S/C12H19NO/c1-9(14)6-7-11-8-10-4-2-3-5-12(10)13-11/h8-9,13-14H,2-7H2,1H3/t9-/m1/s1. The number of aryl methyl sites for hydroxylation is 3. The Morgan fingerprint density at radius 1 is 1.43 bits per heavy atom. The van der Waals surface area contributed by atoms with Crippen molar-refractivity contribution in [3.63, 3.8) is 0 Å². The third-order valence-electron chi connectivity index (χ3n) is 3.00. The van der Waals surface area contributed by atoms with Gasteiger partial charge in [-0.2, -0.15) is 0 Å². The van der Waals surface area contributed by atoms with E-state index in [9.17, 15) is 5.11 Å². The van der Waals surface area contributed by atoms with Crippen LogP contribution in [0.15, 0.2) is 6.07 Å². The number of hydrogen-bond donors (Lipinski definition) is 2. The van der Waals surface area contributed by atoms with Crippen molar-refractivity contribution in [1.29, 1.82) is 0 Å². The molecule has 1 aliphatic rings. The van der Waals surface area contributed by atoms with E-state index in [-0.39, 0.29) is 6.10 Å². The molecule has 0 bridgehead atoms. The average Bonchev–Trinajstić information content (AvgIpc) is 2.57. The first kappa shape index (κ1) is 9.78. The van der Waals surface area contributed by atoms with Gasteiger partial charge in [0.25, 0.3) is 0 Å². The van der Waals surface area contributed by atoms with Crippen LogP contribution in [0.3, 0.4) is 0 Å².